The van der Waals surface area contributed by atoms with Gasteiger partial charge in [0.25, 0.3) is 0 Å². The SMILES string of the molecule is CCCCC[C@H](O)/C=C/[C@@H]1[C@@H](C/C=C/CCCC(=O)NS(C)(=O)=O)[C@@H](O)C[C@H]1OC(=O)C(C)(C)C. The molecule has 8 nitrogen and oxygen atoms in total. The number of hydrogen-bond acceptors (Lipinski definition) is 7. The molecule has 0 heterocycles. The van der Waals surface area contributed by atoms with Crippen molar-refractivity contribution in [2.75, 3.05) is 6.26 Å². The van der Waals surface area contributed by atoms with Crippen LogP contribution >= 0.6 is 0 Å². The van der Waals surface area contributed by atoms with Crippen LogP contribution in [0.4, 0.5) is 0 Å². The molecule has 0 aliphatic heterocycles. The molecule has 3 N–H and O–H groups in total. The maximum Gasteiger partial charge on any atom is 0.311 e. The van der Waals surface area contributed by atoms with Crippen molar-refractivity contribution < 1.29 is 33.0 Å². The zero-order chi connectivity index (χ0) is 26.6. The van der Waals surface area contributed by atoms with Crippen LogP contribution in [0.1, 0.15) is 85.5 Å². The van der Waals surface area contributed by atoms with Crippen LogP contribution in [0.15, 0.2) is 24.3 Å². The fourth-order valence-corrected chi connectivity index (χ4v) is 4.61. The molecular formula is C26H45NO7S. The summed E-state index contributed by atoms with van der Waals surface area (Å²) in [6, 6.07) is 0. The summed E-state index contributed by atoms with van der Waals surface area (Å²) in [5, 5.41) is 21.1. The van der Waals surface area contributed by atoms with Crippen LogP contribution in [0.2, 0.25) is 0 Å². The third kappa shape index (κ3) is 12.7. The molecule has 0 aromatic heterocycles. The molecular weight excluding hydrogens is 470 g/mol. The number of ether oxygens (including phenoxy) is 1. The molecule has 35 heavy (non-hydrogen) atoms. The minimum atomic E-state index is -3.54. The molecule has 1 saturated carbocycles. The fourth-order valence-electron chi connectivity index (χ4n) is 4.09. The first-order valence-electron chi connectivity index (χ1n) is 12.7. The van der Waals surface area contributed by atoms with Crippen molar-refractivity contribution in [3.63, 3.8) is 0 Å². The molecule has 1 aliphatic rings. The molecule has 9 heteroatoms. The Kier molecular flexibility index (Phi) is 13.2. The first-order chi connectivity index (χ1) is 16.2. The van der Waals surface area contributed by atoms with Gasteiger partial charge in [0.05, 0.1) is 23.9 Å². The van der Waals surface area contributed by atoms with Crippen molar-refractivity contribution >= 4 is 21.9 Å². The van der Waals surface area contributed by atoms with Gasteiger partial charge in [0.15, 0.2) is 0 Å². The molecule has 1 amide bonds. The Morgan fingerprint density at radius 2 is 1.86 bits per heavy atom. The Morgan fingerprint density at radius 3 is 2.46 bits per heavy atom. The van der Waals surface area contributed by atoms with Gasteiger partial charge in [0, 0.05) is 18.8 Å². The second-order valence-electron chi connectivity index (χ2n) is 10.6. The van der Waals surface area contributed by atoms with E-state index >= 15 is 0 Å². The Labute approximate surface area is 211 Å². The Hall–Kier alpha value is -1.71. The summed E-state index contributed by atoms with van der Waals surface area (Å²) in [4.78, 5) is 24.1. The van der Waals surface area contributed by atoms with E-state index < -0.39 is 39.7 Å². The molecule has 0 aromatic carbocycles. The van der Waals surface area contributed by atoms with Crippen molar-refractivity contribution in [3.8, 4) is 0 Å². The van der Waals surface area contributed by atoms with Gasteiger partial charge in [-0.3, -0.25) is 14.3 Å². The van der Waals surface area contributed by atoms with Crippen LogP contribution in [-0.4, -0.2) is 55.1 Å². The van der Waals surface area contributed by atoms with Crippen LogP contribution in [-0.2, 0) is 24.3 Å². The predicted octanol–water partition coefficient (Wildman–Crippen LogP) is 3.63. The van der Waals surface area contributed by atoms with Gasteiger partial charge in [-0.15, -0.1) is 0 Å². The number of aliphatic hydroxyl groups excluding tert-OH is 2. The number of unbranched alkanes of at least 4 members (excludes halogenated alkanes) is 3. The summed E-state index contributed by atoms with van der Waals surface area (Å²) in [6.07, 6.45) is 12.6. The summed E-state index contributed by atoms with van der Waals surface area (Å²) in [7, 11) is -3.54. The Bertz CT molecular complexity index is 829. The molecule has 1 rings (SSSR count). The van der Waals surface area contributed by atoms with Crippen molar-refractivity contribution in [2.45, 2.75) is 104 Å². The molecule has 0 aromatic rings. The monoisotopic (exact) mass is 515 g/mol. The minimum absolute atomic E-state index is 0.107. The second-order valence-corrected chi connectivity index (χ2v) is 12.3. The number of hydrogen-bond donors (Lipinski definition) is 3. The molecule has 0 spiro atoms. The number of amides is 1. The maximum atomic E-state index is 12.5. The third-order valence-electron chi connectivity index (χ3n) is 6.07. The van der Waals surface area contributed by atoms with Crippen molar-refractivity contribution in [1.82, 2.24) is 4.72 Å². The molecule has 0 radical (unpaired) electrons. The average Bonchev–Trinajstić information content (AvgIpc) is 3.01. The number of rotatable bonds is 14. The van der Waals surface area contributed by atoms with E-state index in [9.17, 15) is 28.2 Å². The van der Waals surface area contributed by atoms with E-state index in [-0.39, 0.29) is 24.2 Å². The van der Waals surface area contributed by atoms with Crippen LogP contribution in [0.5, 0.6) is 0 Å². The number of allylic oxidation sites excluding steroid dienone is 2. The van der Waals surface area contributed by atoms with E-state index in [1.807, 2.05) is 23.0 Å². The summed E-state index contributed by atoms with van der Waals surface area (Å²) < 4.78 is 29.9. The predicted molar refractivity (Wildman–Crippen MR) is 137 cm³/mol. The number of esters is 1. The average molecular weight is 516 g/mol. The number of sulfonamides is 1. The quantitative estimate of drug-likeness (QED) is 0.183. The standard InChI is InChI=1S/C26H45NO7S/c1-6-7-10-13-19(28)16-17-21-20(22(29)18-23(21)34-25(31)26(2,3)4)14-11-8-9-12-15-24(30)27-35(5,32)33/h8,11,16-17,19-23,28-29H,6-7,9-10,12-15,18H2,1-5H3,(H,27,30)/b11-8+,17-16+/t19-,20+,21+,22-,23+/m0/s1. The smallest absolute Gasteiger partial charge is 0.311 e. The topological polar surface area (TPSA) is 130 Å². The lowest BCUT2D eigenvalue weighted by atomic mass is 9.89. The molecule has 202 valence electrons. The number of carbonyl (C=O) groups excluding carboxylic acids is 2. The van der Waals surface area contributed by atoms with Crippen molar-refractivity contribution in [1.29, 1.82) is 0 Å². The van der Waals surface area contributed by atoms with E-state index in [4.69, 9.17) is 4.74 Å². The largest absolute Gasteiger partial charge is 0.461 e. The first-order valence-corrected chi connectivity index (χ1v) is 14.5. The van der Waals surface area contributed by atoms with Crippen LogP contribution in [0, 0.1) is 17.3 Å². The Balaban J connectivity index is 2.76. The van der Waals surface area contributed by atoms with Crippen LogP contribution in [0.25, 0.3) is 0 Å². The normalized spacial score (nSPS) is 24.2. The number of aliphatic hydroxyl groups is 2. The Morgan fingerprint density at radius 1 is 1.17 bits per heavy atom. The summed E-state index contributed by atoms with van der Waals surface area (Å²) in [5.41, 5.74) is -0.653. The molecule has 0 bridgehead atoms. The molecule has 1 aliphatic carbocycles. The highest BCUT2D eigenvalue weighted by atomic mass is 32.2. The zero-order valence-electron chi connectivity index (χ0n) is 21.9. The number of carbonyl (C=O) groups is 2. The van der Waals surface area contributed by atoms with Gasteiger partial charge < -0.3 is 14.9 Å². The summed E-state index contributed by atoms with van der Waals surface area (Å²) in [5.74, 6) is -1.24. The second kappa shape index (κ2) is 14.8. The minimum Gasteiger partial charge on any atom is -0.461 e. The fraction of sp³-hybridized carbons (Fsp3) is 0.769. The molecule has 0 unspecified atom stereocenters. The highest BCUT2D eigenvalue weighted by Crippen LogP contribution is 2.39. The van der Waals surface area contributed by atoms with E-state index in [1.165, 1.54) is 0 Å². The van der Waals surface area contributed by atoms with Gasteiger partial charge in [0.1, 0.15) is 6.10 Å². The highest BCUT2D eigenvalue weighted by molar-refractivity contribution is 7.89. The van der Waals surface area contributed by atoms with Gasteiger partial charge in [-0.2, -0.15) is 0 Å². The third-order valence-corrected chi connectivity index (χ3v) is 6.67. The van der Waals surface area contributed by atoms with Gasteiger partial charge in [-0.25, -0.2) is 8.42 Å². The van der Waals surface area contributed by atoms with Gasteiger partial charge in [0.2, 0.25) is 15.9 Å². The van der Waals surface area contributed by atoms with Crippen molar-refractivity contribution in [2.24, 2.45) is 17.3 Å². The van der Waals surface area contributed by atoms with E-state index in [0.29, 0.717) is 32.1 Å². The molecule has 5 atom stereocenters. The van der Waals surface area contributed by atoms with E-state index in [2.05, 4.69) is 6.92 Å². The lowest BCUT2D eigenvalue weighted by Gasteiger charge is -2.25. The summed E-state index contributed by atoms with van der Waals surface area (Å²) in [6.45, 7) is 7.48. The van der Waals surface area contributed by atoms with Crippen molar-refractivity contribution in [3.05, 3.63) is 24.3 Å². The molecule has 0 saturated heterocycles. The van der Waals surface area contributed by atoms with Gasteiger partial charge in [-0.05, 0) is 52.4 Å². The maximum absolute atomic E-state index is 12.5. The van der Waals surface area contributed by atoms with E-state index in [0.717, 1.165) is 25.5 Å². The van der Waals surface area contributed by atoms with Crippen LogP contribution in [0.3, 0.4) is 0 Å². The lowest BCUT2D eigenvalue weighted by Crippen LogP contribution is -2.31. The molecule has 1 fully saturated rings. The zero-order valence-corrected chi connectivity index (χ0v) is 22.7. The van der Waals surface area contributed by atoms with Gasteiger partial charge in [-0.1, -0.05) is 50.5 Å². The number of nitrogens with one attached hydrogen (secondary N) is 1. The van der Waals surface area contributed by atoms with E-state index in [1.54, 1.807) is 26.8 Å². The summed E-state index contributed by atoms with van der Waals surface area (Å²) >= 11 is 0. The van der Waals surface area contributed by atoms with Gasteiger partial charge >= 0.3 is 5.97 Å². The first kappa shape index (κ1) is 31.3. The lowest BCUT2D eigenvalue weighted by molar-refractivity contribution is -0.160. The van der Waals surface area contributed by atoms with Crippen LogP contribution < -0.4 is 4.72 Å². The highest BCUT2D eigenvalue weighted by Gasteiger charge is 2.43.